The summed E-state index contributed by atoms with van der Waals surface area (Å²) in [6.45, 7) is 2.93. The van der Waals surface area contributed by atoms with Crippen LogP contribution in [0.3, 0.4) is 0 Å². The number of hydrogen-bond donors (Lipinski definition) is 2. The van der Waals surface area contributed by atoms with E-state index in [-0.39, 0.29) is 12.1 Å². The monoisotopic (exact) mass is 252 g/mol. The summed E-state index contributed by atoms with van der Waals surface area (Å²) in [5.41, 5.74) is -0.712. The highest BCUT2D eigenvalue weighted by atomic mass is 16.5. The van der Waals surface area contributed by atoms with Crippen LogP contribution in [0.25, 0.3) is 0 Å². The molecule has 0 saturated carbocycles. The number of ether oxygens (including phenoxy) is 1. The Hall–Kier alpha value is -1.32. The number of carbonyl (C=O) groups excluding carboxylic acids is 1. The summed E-state index contributed by atoms with van der Waals surface area (Å²) in [6.07, 6.45) is 2.19. The average Bonchev–Trinajstić information content (AvgIpc) is 2.85. The van der Waals surface area contributed by atoms with E-state index in [1.807, 2.05) is 7.05 Å². The summed E-state index contributed by atoms with van der Waals surface area (Å²) in [5, 5.41) is 15.0. The molecule has 2 aliphatic heterocycles. The summed E-state index contributed by atoms with van der Waals surface area (Å²) in [7, 11) is 2.03. The first-order chi connectivity index (χ1) is 8.63. The molecule has 2 saturated heterocycles. The maximum atomic E-state index is 11.9. The minimum atomic E-state index is -0.712. The van der Waals surface area contributed by atoms with Crippen molar-refractivity contribution in [2.45, 2.75) is 30.8 Å². The van der Waals surface area contributed by atoms with Crippen molar-refractivity contribution in [3.8, 4) is 6.07 Å². The number of nitrogens with one attached hydrogen (secondary N) is 2. The lowest BCUT2D eigenvalue weighted by Crippen LogP contribution is -2.57. The van der Waals surface area contributed by atoms with Crippen LogP contribution in [0.4, 0.5) is 4.79 Å². The number of urea groups is 1. The first-order valence-electron chi connectivity index (χ1n) is 6.40. The first-order valence-corrected chi connectivity index (χ1v) is 6.40. The number of amides is 2. The van der Waals surface area contributed by atoms with Crippen molar-refractivity contribution in [2.75, 3.05) is 33.4 Å². The number of nitrogens with zero attached hydrogens (tertiary/aromatic N) is 2. The van der Waals surface area contributed by atoms with E-state index in [1.54, 1.807) is 0 Å². The smallest absolute Gasteiger partial charge is 0.316 e. The van der Waals surface area contributed by atoms with Gasteiger partial charge in [-0.05, 0) is 26.3 Å². The van der Waals surface area contributed by atoms with Crippen LogP contribution < -0.4 is 10.6 Å². The molecule has 2 amide bonds. The molecule has 2 fully saturated rings. The van der Waals surface area contributed by atoms with Crippen molar-refractivity contribution in [1.29, 1.82) is 5.26 Å². The van der Waals surface area contributed by atoms with Crippen molar-refractivity contribution < 1.29 is 9.53 Å². The van der Waals surface area contributed by atoms with Gasteiger partial charge in [0.2, 0.25) is 0 Å². The third-order valence-electron chi connectivity index (χ3n) is 3.67. The molecular formula is C12H20N4O2. The Morgan fingerprint density at radius 2 is 2.22 bits per heavy atom. The largest absolute Gasteiger partial charge is 0.379 e. The predicted octanol–water partition coefficient (Wildman–Crippen LogP) is 0.0625. The molecule has 2 heterocycles. The minimum absolute atomic E-state index is 0.0759. The molecular weight excluding hydrogens is 232 g/mol. The van der Waals surface area contributed by atoms with Crippen LogP contribution >= 0.6 is 0 Å². The highest BCUT2D eigenvalue weighted by Crippen LogP contribution is 2.20. The average molecular weight is 252 g/mol. The molecule has 100 valence electrons. The van der Waals surface area contributed by atoms with Gasteiger partial charge in [0.15, 0.2) is 0 Å². The van der Waals surface area contributed by atoms with E-state index < -0.39 is 5.54 Å². The Morgan fingerprint density at radius 1 is 1.50 bits per heavy atom. The summed E-state index contributed by atoms with van der Waals surface area (Å²) >= 11 is 0. The molecule has 0 aromatic heterocycles. The van der Waals surface area contributed by atoms with Crippen molar-refractivity contribution in [2.24, 2.45) is 0 Å². The fourth-order valence-corrected chi connectivity index (χ4v) is 2.35. The maximum absolute atomic E-state index is 11.9. The van der Waals surface area contributed by atoms with Crippen LogP contribution in [0, 0.1) is 11.3 Å². The maximum Gasteiger partial charge on any atom is 0.316 e. The predicted molar refractivity (Wildman–Crippen MR) is 66.0 cm³/mol. The van der Waals surface area contributed by atoms with Gasteiger partial charge in [0.25, 0.3) is 0 Å². The Bertz CT molecular complexity index is 338. The van der Waals surface area contributed by atoms with Gasteiger partial charge in [0, 0.05) is 19.7 Å². The molecule has 0 aromatic rings. The molecule has 0 aromatic carbocycles. The fraction of sp³-hybridized carbons (Fsp3) is 0.833. The second-order valence-electron chi connectivity index (χ2n) is 5.16. The topological polar surface area (TPSA) is 77.4 Å². The van der Waals surface area contributed by atoms with E-state index in [0.717, 1.165) is 19.5 Å². The van der Waals surface area contributed by atoms with Gasteiger partial charge in [-0.2, -0.15) is 5.26 Å². The quantitative estimate of drug-likeness (QED) is 0.728. The van der Waals surface area contributed by atoms with Crippen LogP contribution in [0.5, 0.6) is 0 Å². The van der Waals surface area contributed by atoms with Crippen LogP contribution in [0.2, 0.25) is 0 Å². The normalized spacial score (nSPS) is 27.4. The summed E-state index contributed by atoms with van der Waals surface area (Å²) in [4.78, 5) is 14.0. The lowest BCUT2D eigenvalue weighted by atomic mass is 9.89. The molecule has 2 aliphatic rings. The lowest BCUT2D eigenvalue weighted by Gasteiger charge is -2.36. The molecule has 0 spiro atoms. The van der Waals surface area contributed by atoms with Gasteiger partial charge in [0.05, 0.1) is 18.7 Å². The molecule has 0 radical (unpaired) electrons. The standard InChI is InChI=1S/C12H20N4O2/c1-16-5-3-12(9-13,4-6-16)15-11(17)14-10-2-7-18-8-10/h10H,2-8H2,1H3,(H2,14,15,17). The minimum Gasteiger partial charge on any atom is -0.379 e. The van der Waals surface area contributed by atoms with Crippen LogP contribution in [-0.2, 0) is 4.74 Å². The highest BCUT2D eigenvalue weighted by molar-refractivity contribution is 5.75. The number of likely N-dealkylation sites (tertiary alicyclic amines) is 1. The highest BCUT2D eigenvalue weighted by Gasteiger charge is 2.35. The summed E-state index contributed by atoms with van der Waals surface area (Å²) in [5.74, 6) is 0. The van der Waals surface area contributed by atoms with Gasteiger partial charge in [-0.15, -0.1) is 0 Å². The van der Waals surface area contributed by atoms with E-state index in [9.17, 15) is 10.1 Å². The second-order valence-corrected chi connectivity index (χ2v) is 5.16. The number of nitriles is 1. The molecule has 0 aliphatic carbocycles. The van der Waals surface area contributed by atoms with E-state index in [0.29, 0.717) is 26.1 Å². The van der Waals surface area contributed by atoms with Gasteiger partial charge in [-0.3, -0.25) is 0 Å². The number of rotatable bonds is 2. The van der Waals surface area contributed by atoms with Crippen LogP contribution in [0.15, 0.2) is 0 Å². The molecule has 2 N–H and O–H groups in total. The molecule has 2 rings (SSSR count). The first kappa shape index (κ1) is 13.1. The van der Waals surface area contributed by atoms with E-state index in [1.165, 1.54) is 0 Å². The van der Waals surface area contributed by atoms with Gasteiger partial charge in [0.1, 0.15) is 5.54 Å². The Kier molecular flexibility index (Phi) is 4.04. The Labute approximate surface area is 107 Å². The third kappa shape index (κ3) is 3.12. The van der Waals surface area contributed by atoms with Gasteiger partial charge in [-0.25, -0.2) is 4.79 Å². The summed E-state index contributed by atoms with van der Waals surface area (Å²) in [6, 6.07) is 2.09. The number of piperidine rings is 1. The van der Waals surface area contributed by atoms with Crippen molar-refractivity contribution in [1.82, 2.24) is 15.5 Å². The van der Waals surface area contributed by atoms with Crippen LogP contribution in [-0.4, -0.2) is 55.9 Å². The third-order valence-corrected chi connectivity index (χ3v) is 3.67. The van der Waals surface area contributed by atoms with Crippen molar-refractivity contribution in [3.63, 3.8) is 0 Å². The number of carbonyl (C=O) groups is 1. The van der Waals surface area contributed by atoms with Crippen molar-refractivity contribution >= 4 is 6.03 Å². The Morgan fingerprint density at radius 3 is 2.78 bits per heavy atom. The van der Waals surface area contributed by atoms with E-state index in [2.05, 4.69) is 21.6 Å². The zero-order valence-corrected chi connectivity index (χ0v) is 10.7. The molecule has 6 heteroatoms. The molecule has 1 unspecified atom stereocenters. The molecule has 0 bridgehead atoms. The molecule has 6 nitrogen and oxygen atoms in total. The SMILES string of the molecule is CN1CCC(C#N)(NC(=O)NC2CCOC2)CC1. The Balaban J connectivity index is 1.85. The zero-order valence-electron chi connectivity index (χ0n) is 10.7. The number of hydrogen-bond acceptors (Lipinski definition) is 4. The molecule has 1 atom stereocenters. The van der Waals surface area contributed by atoms with Crippen LogP contribution in [0.1, 0.15) is 19.3 Å². The summed E-state index contributed by atoms with van der Waals surface area (Å²) < 4.78 is 5.20. The van der Waals surface area contributed by atoms with Crippen molar-refractivity contribution in [3.05, 3.63) is 0 Å². The molecule has 18 heavy (non-hydrogen) atoms. The zero-order chi connectivity index (χ0) is 13.0. The fourth-order valence-electron chi connectivity index (χ4n) is 2.35. The van der Waals surface area contributed by atoms with Gasteiger partial charge < -0.3 is 20.3 Å². The van der Waals surface area contributed by atoms with Gasteiger partial charge in [-0.1, -0.05) is 0 Å². The van der Waals surface area contributed by atoms with Gasteiger partial charge >= 0.3 is 6.03 Å². The lowest BCUT2D eigenvalue weighted by molar-refractivity contribution is 0.178. The van der Waals surface area contributed by atoms with E-state index >= 15 is 0 Å². The second kappa shape index (κ2) is 5.55. The van der Waals surface area contributed by atoms with E-state index in [4.69, 9.17) is 4.74 Å².